The number of amides is 2. The second-order valence-corrected chi connectivity index (χ2v) is 12.1. The van der Waals surface area contributed by atoms with Crippen molar-refractivity contribution in [3.63, 3.8) is 0 Å². The molecular weight excluding hydrogens is 548 g/mol. The van der Waals surface area contributed by atoms with Gasteiger partial charge in [0.15, 0.2) is 0 Å². The van der Waals surface area contributed by atoms with Crippen LogP contribution in [-0.4, -0.2) is 58.4 Å². The molecule has 0 radical (unpaired) electrons. The standard InChI is InChI=1S/C36H46N6O2/c1-26(37)42(34(43)15-4-2-7-20-41-21-8-3-9-22-41)33(24-29-13-10-12-28-11-5-6-14-31(28)29)36(44)40-25-27-16-17-32-30(23-27)18-19-39-35(32)38/h5-6,10-14,16-19,23,26,33H,2-4,7-9,15,20-22,24-25,37H2,1H3,(H2,38,39)(H,40,44)/t26?,33-/m0/s1. The molecule has 8 nitrogen and oxygen atoms in total. The Labute approximate surface area is 260 Å². The van der Waals surface area contributed by atoms with Crippen molar-refractivity contribution in [2.75, 3.05) is 25.4 Å². The molecule has 1 fully saturated rings. The maximum absolute atomic E-state index is 14.0. The molecule has 232 valence electrons. The molecule has 0 spiro atoms. The van der Waals surface area contributed by atoms with Gasteiger partial charge in [0, 0.05) is 31.0 Å². The van der Waals surface area contributed by atoms with Crippen LogP contribution in [0.5, 0.6) is 0 Å². The summed E-state index contributed by atoms with van der Waals surface area (Å²) in [6, 6.07) is 21.3. The molecule has 2 amide bonds. The topological polar surface area (TPSA) is 118 Å². The Bertz CT molecular complexity index is 1560. The number of carbonyl (C=O) groups is 2. The van der Waals surface area contributed by atoms with Gasteiger partial charge in [0.2, 0.25) is 11.8 Å². The number of anilines is 1. The predicted molar refractivity (Wildman–Crippen MR) is 179 cm³/mol. The lowest BCUT2D eigenvalue weighted by atomic mass is 9.96. The molecule has 8 heteroatoms. The Hall–Kier alpha value is -4.01. The van der Waals surface area contributed by atoms with Crippen molar-refractivity contribution in [2.24, 2.45) is 5.73 Å². The zero-order valence-electron chi connectivity index (χ0n) is 25.9. The third-order valence-electron chi connectivity index (χ3n) is 8.80. The number of unbranched alkanes of at least 4 members (excludes halogenated alkanes) is 2. The van der Waals surface area contributed by atoms with Gasteiger partial charge in [-0.3, -0.25) is 9.59 Å². The number of aromatic nitrogens is 1. The molecule has 0 bridgehead atoms. The van der Waals surface area contributed by atoms with Crippen LogP contribution in [0.3, 0.4) is 0 Å². The highest BCUT2D eigenvalue weighted by Crippen LogP contribution is 2.24. The molecule has 5 rings (SSSR count). The number of fused-ring (bicyclic) bond motifs is 2. The molecule has 0 saturated carbocycles. The number of nitrogens with one attached hydrogen (secondary N) is 1. The Morgan fingerprint density at radius 2 is 1.73 bits per heavy atom. The number of pyridine rings is 1. The summed E-state index contributed by atoms with van der Waals surface area (Å²) in [6.07, 6.45) is 8.57. The van der Waals surface area contributed by atoms with Crippen LogP contribution in [-0.2, 0) is 22.6 Å². The predicted octanol–water partition coefficient (Wildman–Crippen LogP) is 5.38. The largest absolute Gasteiger partial charge is 0.383 e. The molecule has 3 aromatic carbocycles. The van der Waals surface area contributed by atoms with Gasteiger partial charge in [-0.25, -0.2) is 4.98 Å². The summed E-state index contributed by atoms with van der Waals surface area (Å²) in [5, 5.41) is 7.12. The number of nitrogens with zero attached hydrogens (tertiary/aromatic N) is 3. The van der Waals surface area contributed by atoms with Crippen molar-refractivity contribution in [1.82, 2.24) is 20.1 Å². The number of nitrogens with two attached hydrogens (primary N) is 2. The average Bonchev–Trinajstić information content (AvgIpc) is 3.03. The number of nitrogen functional groups attached to an aromatic ring is 1. The van der Waals surface area contributed by atoms with Gasteiger partial charge >= 0.3 is 0 Å². The third-order valence-corrected chi connectivity index (χ3v) is 8.80. The maximum Gasteiger partial charge on any atom is 0.243 e. The molecular formula is C36H46N6O2. The van der Waals surface area contributed by atoms with Gasteiger partial charge in [-0.1, -0.05) is 67.4 Å². The fourth-order valence-electron chi connectivity index (χ4n) is 6.45. The Balaban J connectivity index is 1.31. The van der Waals surface area contributed by atoms with E-state index in [0.717, 1.165) is 58.5 Å². The van der Waals surface area contributed by atoms with Crippen LogP contribution in [0.15, 0.2) is 72.9 Å². The van der Waals surface area contributed by atoms with Crippen molar-refractivity contribution in [1.29, 1.82) is 0 Å². The molecule has 1 aromatic heterocycles. The fraction of sp³-hybridized carbons (Fsp3) is 0.417. The third kappa shape index (κ3) is 7.92. The van der Waals surface area contributed by atoms with Crippen LogP contribution < -0.4 is 16.8 Å². The van der Waals surface area contributed by atoms with Gasteiger partial charge < -0.3 is 26.6 Å². The van der Waals surface area contributed by atoms with E-state index in [1.54, 1.807) is 18.0 Å². The summed E-state index contributed by atoms with van der Waals surface area (Å²) in [5.74, 6) is 0.181. The number of hydrogen-bond acceptors (Lipinski definition) is 6. The Morgan fingerprint density at radius 3 is 2.55 bits per heavy atom. The van der Waals surface area contributed by atoms with Crippen LogP contribution in [0.2, 0.25) is 0 Å². The number of rotatable bonds is 13. The monoisotopic (exact) mass is 594 g/mol. The van der Waals surface area contributed by atoms with Gasteiger partial charge in [0.05, 0.1) is 6.17 Å². The van der Waals surface area contributed by atoms with Crippen molar-refractivity contribution in [3.05, 3.63) is 84.1 Å². The second-order valence-electron chi connectivity index (χ2n) is 12.1. The first-order valence-corrected chi connectivity index (χ1v) is 16.1. The van der Waals surface area contributed by atoms with E-state index in [-0.39, 0.29) is 11.8 Å². The summed E-state index contributed by atoms with van der Waals surface area (Å²) in [7, 11) is 0. The molecule has 1 saturated heterocycles. The summed E-state index contributed by atoms with van der Waals surface area (Å²) in [4.78, 5) is 36.0. The number of benzene rings is 3. The summed E-state index contributed by atoms with van der Waals surface area (Å²) < 4.78 is 0. The summed E-state index contributed by atoms with van der Waals surface area (Å²) in [6.45, 7) is 5.58. The molecule has 44 heavy (non-hydrogen) atoms. The van der Waals surface area contributed by atoms with Gasteiger partial charge in [0.1, 0.15) is 11.9 Å². The average molecular weight is 595 g/mol. The highest BCUT2D eigenvalue weighted by Gasteiger charge is 2.32. The van der Waals surface area contributed by atoms with E-state index in [1.807, 2.05) is 48.5 Å². The lowest BCUT2D eigenvalue weighted by Crippen LogP contribution is -2.56. The molecule has 2 heterocycles. The van der Waals surface area contributed by atoms with Crippen LogP contribution >= 0.6 is 0 Å². The Kier molecular flexibility index (Phi) is 10.8. The SMILES string of the molecule is CC(N)N(C(=O)CCCCCN1CCCCC1)[C@@H](Cc1cccc2ccccc12)C(=O)NCc1ccc2c(N)nccc2c1. The highest BCUT2D eigenvalue weighted by molar-refractivity contribution is 5.92. The minimum absolute atomic E-state index is 0.0768. The smallest absolute Gasteiger partial charge is 0.243 e. The number of carbonyl (C=O) groups excluding carboxylic acids is 2. The van der Waals surface area contributed by atoms with Crippen LogP contribution in [0.1, 0.15) is 63.0 Å². The van der Waals surface area contributed by atoms with Gasteiger partial charge in [0.25, 0.3) is 0 Å². The molecule has 1 aliphatic rings. The maximum atomic E-state index is 14.0. The molecule has 0 aliphatic carbocycles. The summed E-state index contributed by atoms with van der Waals surface area (Å²) in [5.41, 5.74) is 14.4. The minimum atomic E-state index is -0.748. The van der Waals surface area contributed by atoms with Gasteiger partial charge in [-0.15, -0.1) is 0 Å². The lowest BCUT2D eigenvalue weighted by Gasteiger charge is -2.34. The first-order valence-electron chi connectivity index (χ1n) is 16.1. The second kappa shape index (κ2) is 15.1. The minimum Gasteiger partial charge on any atom is -0.383 e. The zero-order valence-corrected chi connectivity index (χ0v) is 25.9. The fourth-order valence-corrected chi connectivity index (χ4v) is 6.45. The molecule has 1 aliphatic heterocycles. The first-order chi connectivity index (χ1) is 21.4. The lowest BCUT2D eigenvalue weighted by molar-refractivity contribution is -0.143. The van der Waals surface area contributed by atoms with E-state index in [4.69, 9.17) is 11.5 Å². The molecule has 4 aromatic rings. The number of piperidine rings is 1. The van der Waals surface area contributed by atoms with Crippen LogP contribution in [0, 0.1) is 0 Å². The van der Waals surface area contributed by atoms with Crippen molar-refractivity contribution >= 4 is 39.2 Å². The molecule has 2 atom stereocenters. The van der Waals surface area contributed by atoms with Gasteiger partial charge in [-0.05, 0) is 91.7 Å². The number of likely N-dealkylation sites (tertiary alicyclic amines) is 1. The van der Waals surface area contributed by atoms with E-state index < -0.39 is 12.2 Å². The van der Waals surface area contributed by atoms with Crippen molar-refractivity contribution in [2.45, 2.75) is 77.0 Å². The van der Waals surface area contributed by atoms with Crippen molar-refractivity contribution < 1.29 is 9.59 Å². The van der Waals surface area contributed by atoms with E-state index in [2.05, 4.69) is 33.4 Å². The van der Waals surface area contributed by atoms with E-state index in [0.29, 0.717) is 25.2 Å². The molecule has 1 unspecified atom stereocenters. The quantitative estimate of drug-likeness (QED) is 0.141. The zero-order chi connectivity index (χ0) is 30.9. The summed E-state index contributed by atoms with van der Waals surface area (Å²) >= 11 is 0. The molecule has 5 N–H and O–H groups in total. The Morgan fingerprint density at radius 1 is 0.932 bits per heavy atom. The highest BCUT2D eigenvalue weighted by atomic mass is 16.2. The van der Waals surface area contributed by atoms with E-state index in [1.165, 1.54) is 32.4 Å². The van der Waals surface area contributed by atoms with Crippen LogP contribution in [0.4, 0.5) is 5.82 Å². The first kappa shape index (κ1) is 31.4. The van der Waals surface area contributed by atoms with Crippen molar-refractivity contribution in [3.8, 4) is 0 Å². The number of hydrogen-bond donors (Lipinski definition) is 3. The van der Waals surface area contributed by atoms with Crippen LogP contribution in [0.25, 0.3) is 21.5 Å². The normalized spacial score (nSPS) is 15.2. The van der Waals surface area contributed by atoms with E-state index >= 15 is 0 Å². The van der Waals surface area contributed by atoms with E-state index in [9.17, 15) is 9.59 Å². The van der Waals surface area contributed by atoms with Gasteiger partial charge in [-0.2, -0.15) is 0 Å².